The molecule has 1 heterocycles. The molecule has 0 atom stereocenters. The molecule has 0 unspecified atom stereocenters. The zero-order chi connectivity index (χ0) is 13.0. The minimum Gasteiger partial charge on any atom is -0.456 e. The Morgan fingerprint density at radius 3 is 2.78 bits per heavy atom. The lowest BCUT2D eigenvalue weighted by Crippen LogP contribution is -1.91. The molecule has 0 aliphatic heterocycles. The molecule has 0 aliphatic rings. The van der Waals surface area contributed by atoms with E-state index in [9.17, 15) is 0 Å². The average Bonchev–Trinajstić information content (AvgIpc) is 2.36. The monoisotopic (exact) mass is 259 g/mol. The first kappa shape index (κ1) is 12.7. The molecule has 0 N–H and O–H groups in total. The Kier molecular flexibility index (Phi) is 4.00. The van der Waals surface area contributed by atoms with E-state index in [-0.39, 0.29) is 0 Å². The summed E-state index contributed by atoms with van der Waals surface area (Å²) in [6.45, 7) is 3.92. The summed E-state index contributed by atoms with van der Waals surface area (Å²) in [5.74, 6) is 1.54. The van der Waals surface area contributed by atoms with Crippen LogP contribution in [0.2, 0.25) is 5.15 Å². The number of nitrogens with zero attached hydrogens (tertiary/aromatic N) is 1. The lowest BCUT2D eigenvalue weighted by Gasteiger charge is -2.10. The van der Waals surface area contributed by atoms with Crippen LogP contribution in [0.15, 0.2) is 42.6 Å². The predicted octanol–water partition coefficient (Wildman–Crippen LogP) is 4.87. The Bertz CT molecular complexity index is 578. The number of benzene rings is 1. The van der Waals surface area contributed by atoms with Gasteiger partial charge in [0.25, 0.3) is 0 Å². The van der Waals surface area contributed by atoms with E-state index in [1.807, 2.05) is 50.3 Å². The van der Waals surface area contributed by atoms with Crippen molar-refractivity contribution in [2.45, 2.75) is 13.8 Å². The average molecular weight is 260 g/mol. The van der Waals surface area contributed by atoms with Gasteiger partial charge >= 0.3 is 0 Å². The van der Waals surface area contributed by atoms with Crippen molar-refractivity contribution in [2.24, 2.45) is 0 Å². The molecule has 0 aliphatic carbocycles. The number of hydrogen-bond donors (Lipinski definition) is 0. The first-order chi connectivity index (χ1) is 8.70. The molecule has 2 rings (SSSR count). The van der Waals surface area contributed by atoms with E-state index in [0.717, 1.165) is 22.6 Å². The summed E-state index contributed by atoms with van der Waals surface area (Å²) in [5, 5.41) is 0.430. The molecule has 3 heteroatoms. The quantitative estimate of drug-likeness (QED) is 0.734. The number of halogens is 1. The predicted molar refractivity (Wildman–Crippen MR) is 75.2 cm³/mol. The van der Waals surface area contributed by atoms with Gasteiger partial charge in [0.2, 0.25) is 0 Å². The molecule has 0 saturated heterocycles. The van der Waals surface area contributed by atoms with E-state index >= 15 is 0 Å². The van der Waals surface area contributed by atoms with Crippen molar-refractivity contribution in [1.82, 2.24) is 4.98 Å². The summed E-state index contributed by atoms with van der Waals surface area (Å²) in [5.41, 5.74) is 1.99. The van der Waals surface area contributed by atoms with Crippen LogP contribution in [-0.2, 0) is 0 Å². The Labute approximate surface area is 112 Å². The van der Waals surface area contributed by atoms with Gasteiger partial charge in [0, 0.05) is 23.4 Å². The van der Waals surface area contributed by atoms with Crippen molar-refractivity contribution in [3.63, 3.8) is 0 Å². The van der Waals surface area contributed by atoms with E-state index < -0.39 is 0 Å². The summed E-state index contributed by atoms with van der Waals surface area (Å²) >= 11 is 5.88. The number of ether oxygens (including phenoxy) is 1. The topological polar surface area (TPSA) is 22.1 Å². The Balaban J connectivity index is 2.36. The van der Waals surface area contributed by atoms with Crippen molar-refractivity contribution in [3.8, 4) is 11.5 Å². The molecule has 1 aromatic carbocycles. The molecule has 0 spiro atoms. The normalized spacial score (nSPS) is 10.8. The second-order valence-electron chi connectivity index (χ2n) is 3.91. The van der Waals surface area contributed by atoms with Gasteiger partial charge in [-0.1, -0.05) is 42.0 Å². The maximum absolute atomic E-state index is 5.90. The van der Waals surface area contributed by atoms with Crippen molar-refractivity contribution < 1.29 is 4.74 Å². The van der Waals surface area contributed by atoms with E-state index in [4.69, 9.17) is 16.3 Å². The molecular weight excluding hydrogens is 246 g/mol. The van der Waals surface area contributed by atoms with Crippen LogP contribution < -0.4 is 4.74 Å². The number of rotatable bonds is 3. The highest BCUT2D eigenvalue weighted by molar-refractivity contribution is 6.29. The molecule has 2 aromatic rings. The third-order valence-corrected chi connectivity index (χ3v) is 2.71. The fourth-order valence-corrected chi connectivity index (χ4v) is 1.75. The lowest BCUT2D eigenvalue weighted by molar-refractivity contribution is 0.477. The van der Waals surface area contributed by atoms with Gasteiger partial charge in [0.15, 0.2) is 0 Å². The maximum atomic E-state index is 5.90. The van der Waals surface area contributed by atoms with Crippen LogP contribution in [0.5, 0.6) is 11.5 Å². The zero-order valence-electron chi connectivity index (χ0n) is 10.4. The first-order valence-electron chi connectivity index (χ1n) is 5.72. The molecular formula is C15H14ClNO. The molecule has 1 aromatic heterocycles. The van der Waals surface area contributed by atoms with Crippen LogP contribution >= 0.6 is 11.6 Å². The zero-order valence-corrected chi connectivity index (χ0v) is 11.1. The smallest absolute Gasteiger partial charge is 0.134 e. The van der Waals surface area contributed by atoms with Gasteiger partial charge in [-0.15, -0.1) is 0 Å². The molecule has 0 fully saturated rings. The fraction of sp³-hybridized carbons (Fsp3) is 0.133. The number of para-hydroxylation sites is 1. The van der Waals surface area contributed by atoms with Gasteiger partial charge in [0.1, 0.15) is 16.7 Å². The van der Waals surface area contributed by atoms with Gasteiger partial charge in [-0.25, -0.2) is 4.98 Å². The molecule has 0 amide bonds. The van der Waals surface area contributed by atoms with Crippen LogP contribution in [0.4, 0.5) is 0 Å². The number of allylic oxidation sites excluding steroid dienone is 1. The van der Waals surface area contributed by atoms with Crippen LogP contribution in [-0.4, -0.2) is 4.98 Å². The molecule has 0 bridgehead atoms. The van der Waals surface area contributed by atoms with Crippen LogP contribution in [0.1, 0.15) is 18.1 Å². The van der Waals surface area contributed by atoms with Crippen LogP contribution in [0.3, 0.4) is 0 Å². The van der Waals surface area contributed by atoms with Crippen molar-refractivity contribution in [2.75, 3.05) is 0 Å². The second-order valence-corrected chi connectivity index (χ2v) is 4.30. The number of aromatic nitrogens is 1. The highest BCUT2D eigenvalue weighted by atomic mass is 35.5. The largest absolute Gasteiger partial charge is 0.456 e. The maximum Gasteiger partial charge on any atom is 0.134 e. The summed E-state index contributed by atoms with van der Waals surface area (Å²) in [7, 11) is 0. The van der Waals surface area contributed by atoms with Crippen molar-refractivity contribution in [3.05, 3.63) is 58.9 Å². The standard InChI is InChI=1S/C15H14ClNO/c1-3-6-12-7-4-5-8-13(12)18-14-9-15(16)17-10-11(14)2/h3-10H,1-2H3/b6-3+. The van der Waals surface area contributed by atoms with Crippen molar-refractivity contribution in [1.29, 1.82) is 0 Å². The van der Waals surface area contributed by atoms with E-state index in [1.54, 1.807) is 12.3 Å². The SMILES string of the molecule is C/C=C/c1ccccc1Oc1cc(Cl)ncc1C. The Morgan fingerprint density at radius 1 is 1.22 bits per heavy atom. The second kappa shape index (κ2) is 5.69. The molecule has 0 radical (unpaired) electrons. The highest BCUT2D eigenvalue weighted by Crippen LogP contribution is 2.29. The molecule has 18 heavy (non-hydrogen) atoms. The summed E-state index contributed by atoms with van der Waals surface area (Å²) in [4.78, 5) is 4.01. The van der Waals surface area contributed by atoms with Crippen LogP contribution in [0, 0.1) is 6.92 Å². The third kappa shape index (κ3) is 2.90. The Morgan fingerprint density at radius 2 is 2.00 bits per heavy atom. The van der Waals surface area contributed by atoms with E-state index in [2.05, 4.69) is 4.98 Å². The van der Waals surface area contributed by atoms with Gasteiger partial charge in [-0.05, 0) is 19.9 Å². The molecule has 0 saturated carbocycles. The summed E-state index contributed by atoms with van der Waals surface area (Å²) < 4.78 is 5.90. The minimum atomic E-state index is 0.430. The summed E-state index contributed by atoms with van der Waals surface area (Å²) in [6, 6.07) is 9.59. The summed E-state index contributed by atoms with van der Waals surface area (Å²) in [6.07, 6.45) is 5.69. The van der Waals surface area contributed by atoms with Crippen LogP contribution in [0.25, 0.3) is 6.08 Å². The van der Waals surface area contributed by atoms with Gasteiger partial charge < -0.3 is 4.74 Å². The minimum absolute atomic E-state index is 0.430. The molecule has 92 valence electrons. The molecule has 2 nitrogen and oxygen atoms in total. The van der Waals surface area contributed by atoms with E-state index in [1.165, 1.54) is 0 Å². The number of hydrogen-bond acceptors (Lipinski definition) is 2. The Hall–Kier alpha value is -1.80. The number of aryl methyl sites for hydroxylation is 1. The van der Waals surface area contributed by atoms with Crippen molar-refractivity contribution >= 4 is 17.7 Å². The lowest BCUT2D eigenvalue weighted by atomic mass is 10.2. The van der Waals surface area contributed by atoms with Gasteiger partial charge in [0.05, 0.1) is 0 Å². The van der Waals surface area contributed by atoms with Gasteiger partial charge in [-0.3, -0.25) is 0 Å². The first-order valence-corrected chi connectivity index (χ1v) is 6.10. The third-order valence-electron chi connectivity index (χ3n) is 2.51. The fourth-order valence-electron chi connectivity index (χ4n) is 1.60. The number of pyridine rings is 1. The van der Waals surface area contributed by atoms with Gasteiger partial charge in [-0.2, -0.15) is 0 Å². The highest BCUT2D eigenvalue weighted by Gasteiger charge is 2.05. The van der Waals surface area contributed by atoms with E-state index in [0.29, 0.717) is 5.15 Å².